The van der Waals surface area contributed by atoms with Gasteiger partial charge in [-0.05, 0) is 45.9 Å². The van der Waals surface area contributed by atoms with Crippen molar-refractivity contribution in [2.45, 2.75) is 13.0 Å². The fourth-order valence-electron chi connectivity index (χ4n) is 3.53. The molecule has 0 amide bonds. The molecule has 0 radical (unpaired) electrons. The summed E-state index contributed by atoms with van der Waals surface area (Å²) in [7, 11) is 0. The van der Waals surface area contributed by atoms with Crippen LogP contribution in [0.15, 0.2) is 84.4 Å². The SMILES string of the molecule is CC1=C(c2ccccc2)c2c(-c3ccccc3)cccc2C1N. The molecule has 1 heteroatoms. The smallest absolute Gasteiger partial charge is 0.0523 e. The summed E-state index contributed by atoms with van der Waals surface area (Å²) in [6.45, 7) is 2.15. The molecule has 1 aliphatic rings. The van der Waals surface area contributed by atoms with E-state index in [9.17, 15) is 0 Å². The normalized spacial score (nSPS) is 16.5. The number of fused-ring (bicyclic) bond motifs is 1. The second kappa shape index (κ2) is 5.53. The highest BCUT2D eigenvalue weighted by Gasteiger charge is 2.29. The van der Waals surface area contributed by atoms with E-state index in [1.54, 1.807) is 0 Å². The Morgan fingerprint density at radius 1 is 0.696 bits per heavy atom. The first kappa shape index (κ1) is 14.0. The lowest BCUT2D eigenvalue weighted by Crippen LogP contribution is -2.08. The van der Waals surface area contributed by atoms with Gasteiger partial charge in [-0.15, -0.1) is 0 Å². The van der Waals surface area contributed by atoms with Crippen LogP contribution in [0, 0.1) is 0 Å². The van der Waals surface area contributed by atoms with Gasteiger partial charge in [0.2, 0.25) is 0 Å². The van der Waals surface area contributed by atoms with Crippen LogP contribution in [0.5, 0.6) is 0 Å². The van der Waals surface area contributed by atoms with Crippen LogP contribution in [0.1, 0.15) is 29.7 Å². The lowest BCUT2D eigenvalue weighted by Gasteiger charge is -2.13. The largest absolute Gasteiger partial charge is 0.321 e. The van der Waals surface area contributed by atoms with Gasteiger partial charge in [0.1, 0.15) is 0 Å². The number of nitrogens with two attached hydrogens (primary N) is 1. The summed E-state index contributed by atoms with van der Waals surface area (Å²) in [6.07, 6.45) is 0. The Kier molecular flexibility index (Phi) is 3.36. The van der Waals surface area contributed by atoms with Gasteiger partial charge in [0.15, 0.2) is 0 Å². The summed E-state index contributed by atoms with van der Waals surface area (Å²) in [6, 6.07) is 27.6. The van der Waals surface area contributed by atoms with Crippen LogP contribution in [-0.2, 0) is 0 Å². The van der Waals surface area contributed by atoms with Crippen LogP contribution in [0.3, 0.4) is 0 Å². The van der Waals surface area contributed by atoms with Gasteiger partial charge in [-0.1, -0.05) is 78.9 Å². The monoisotopic (exact) mass is 297 g/mol. The number of rotatable bonds is 2. The van der Waals surface area contributed by atoms with Crippen molar-refractivity contribution in [3.63, 3.8) is 0 Å². The summed E-state index contributed by atoms with van der Waals surface area (Å²) in [4.78, 5) is 0. The predicted molar refractivity (Wildman–Crippen MR) is 96.9 cm³/mol. The van der Waals surface area contributed by atoms with E-state index in [2.05, 4.69) is 85.8 Å². The minimum absolute atomic E-state index is 0.0242. The van der Waals surface area contributed by atoms with Crippen LogP contribution in [0.4, 0.5) is 0 Å². The first-order valence-corrected chi connectivity index (χ1v) is 7.98. The van der Waals surface area contributed by atoms with Crippen molar-refractivity contribution in [3.8, 4) is 11.1 Å². The van der Waals surface area contributed by atoms with Crippen molar-refractivity contribution in [2.75, 3.05) is 0 Å². The number of benzene rings is 3. The highest BCUT2D eigenvalue weighted by molar-refractivity contribution is 5.95. The molecule has 2 N–H and O–H groups in total. The van der Waals surface area contributed by atoms with E-state index in [0.29, 0.717) is 0 Å². The molecule has 112 valence electrons. The van der Waals surface area contributed by atoms with E-state index in [-0.39, 0.29) is 6.04 Å². The molecule has 0 heterocycles. The summed E-state index contributed by atoms with van der Waals surface area (Å²) in [5, 5.41) is 0. The molecule has 3 aromatic carbocycles. The molecule has 0 spiro atoms. The Morgan fingerprint density at radius 2 is 1.30 bits per heavy atom. The second-order valence-corrected chi connectivity index (χ2v) is 6.04. The predicted octanol–water partition coefficient (Wildman–Crippen LogP) is 5.19. The topological polar surface area (TPSA) is 26.0 Å². The van der Waals surface area contributed by atoms with Gasteiger partial charge in [0.25, 0.3) is 0 Å². The Bertz CT molecular complexity index is 876. The van der Waals surface area contributed by atoms with Crippen molar-refractivity contribution in [2.24, 2.45) is 5.73 Å². The van der Waals surface area contributed by atoms with Gasteiger partial charge in [0, 0.05) is 0 Å². The third-order valence-corrected chi connectivity index (χ3v) is 4.69. The third-order valence-electron chi connectivity index (χ3n) is 4.69. The average Bonchev–Trinajstić information content (AvgIpc) is 2.88. The zero-order valence-corrected chi connectivity index (χ0v) is 13.2. The Balaban J connectivity index is 2.00. The lowest BCUT2D eigenvalue weighted by molar-refractivity contribution is 0.870. The average molecular weight is 297 g/mol. The van der Waals surface area contributed by atoms with E-state index in [4.69, 9.17) is 5.73 Å². The van der Waals surface area contributed by atoms with Crippen LogP contribution < -0.4 is 5.73 Å². The van der Waals surface area contributed by atoms with Gasteiger partial charge < -0.3 is 5.73 Å². The van der Waals surface area contributed by atoms with Crippen LogP contribution in [-0.4, -0.2) is 0 Å². The molecular weight excluding hydrogens is 278 g/mol. The highest BCUT2D eigenvalue weighted by Crippen LogP contribution is 2.46. The van der Waals surface area contributed by atoms with Crippen molar-refractivity contribution < 1.29 is 0 Å². The molecule has 0 fully saturated rings. The van der Waals surface area contributed by atoms with Crippen LogP contribution >= 0.6 is 0 Å². The molecule has 0 bridgehead atoms. The van der Waals surface area contributed by atoms with E-state index >= 15 is 0 Å². The van der Waals surface area contributed by atoms with Gasteiger partial charge in [0.05, 0.1) is 6.04 Å². The fourth-order valence-corrected chi connectivity index (χ4v) is 3.53. The molecule has 0 aromatic heterocycles. The van der Waals surface area contributed by atoms with Gasteiger partial charge >= 0.3 is 0 Å². The summed E-state index contributed by atoms with van der Waals surface area (Å²) < 4.78 is 0. The molecule has 1 unspecified atom stereocenters. The van der Waals surface area contributed by atoms with Crippen LogP contribution in [0.2, 0.25) is 0 Å². The molecule has 3 aromatic rings. The maximum atomic E-state index is 6.51. The van der Waals surface area contributed by atoms with Gasteiger partial charge in [-0.3, -0.25) is 0 Å². The Morgan fingerprint density at radius 3 is 1.96 bits per heavy atom. The van der Waals surface area contributed by atoms with E-state index in [1.165, 1.54) is 39.0 Å². The Labute approximate surface area is 137 Å². The number of hydrogen-bond acceptors (Lipinski definition) is 1. The number of hydrogen-bond donors (Lipinski definition) is 1. The van der Waals surface area contributed by atoms with Crippen molar-refractivity contribution in [1.29, 1.82) is 0 Å². The highest BCUT2D eigenvalue weighted by atomic mass is 14.7. The third kappa shape index (κ3) is 2.21. The standard InChI is InChI=1S/C22H19N/c1-15-20(17-11-6-3-7-12-17)21-18(16-9-4-2-5-10-16)13-8-14-19(21)22(15)23/h2-14,22H,23H2,1H3. The minimum Gasteiger partial charge on any atom is -0.321 e. The van der Waals surface area contributed by atoms with Crippen molar-refractivity contribution >= 4 is 5.57 Å². The summed E-state index contributed by atoms with van der Waals surface area (Å²) in [5.74, 6) is 0. The fraction of sp³-hybridized carbons (Fsp3) is 0.0909. The molecular formula is C22H19N. The van der Waals surface area contributed by atoms with Crippen molar-refractivity contribution in [1.82, 2.24) is 0 Å². The summed E-state index contributed by atoms with van der Waals surface area (Å²) >= 11 is 0. The van der Waals surface area contributed by atoms with Gasteiger partial charge in [-0.2, -0.15) is 0 Å². The molecule has 1 atom stereocenters. The molecule has 23 heavy (non-hydrogen) atoms. The lowest BCUT2D eigenvalue weighted by atomic mass is 9.90. The maximum absolute atomic E-state index is 6.51. The minimum atomic E-state index is -0.0242. The van der Waals surface area contributed by atoms with Crippen LogP contribution in [0.25, 0.3) is 16.7 Å². The molecule has 4 rings (SSSR count). The second-order valence-electron chi connectivity index (χ2n) is 6.04. The summed E-state index contributed by atoms with van der Waals surface area (Å²) in [5.41, 5.74) is 15.3. The molecule has 1 nitrogen and oxygen atoms in total. The maximum Gasteiger partial charge on any atom is 0.0523 e. The quantitative estimate of drug-likeness (QED) is 0.692. The Hall–Kier alpha value is -2.64. The van der Waals surface area contributed by atoms with E-state index in [1.807, 2.05) is 0 Å². The van der Waals surface area contributed by atoms with Gasteiger partial charge in [-0.25, -0.2) is 0 Å². The molecule has 0 saturated carbocycles. The zero-order valence-electron chi connectivity index (χ0n) is 13.2. The molecule has 1 aliphatic carbocycles. The first-order valence-electron chi connectivity index (χ1n) is 7.98. The zero-order chi connectivity index (χ0) is 15.8. The van der Waals surface area contributed by atoms with E-state index < -0.39 is 0 Å². The first-order chi connectivity index (χ1) is 11.3. The van der Waals surface area contributed by atoms with Crippen molar-refractivity contribution in [3.05, 3.63) is 101 Å². The van der Waals surface area contributed by atoms with E-state index in [0.717, 1.165) is 0 Å². The molecule has 0 aliphatic heterocycles. The molecule has 0 saturated heterocycles.